The van der Waals surface area contributed by atoms with Gasteiger partial charge >= 0.3 is 0 Å². The van der Waals surface area contributed by atoms with E-state index in [9.17, 15) is 4.79 Å². The molecule has 138 valence electrons. The van der Waals surface area contributed by atoms with Crippen LogP contribution in [0.25, 0.3) is 21.9 Å². The SMILES string of the molecule is CCc1ccc(NC(=O)c2cc3c(c4ccccc4n3C)n2C(C)C)cc1. The molecule has 1 N–H and O–H groups in total. The zero-order chi connectivity index (χ0) is 19.1. The van der Waals surface area contributed by atoms with Gasteiger partial charge in [-0.05, 0) is 50.1 Å². The standard InChI is InChI=1S/C23H25N3O/c1-5-16-10-12-17(13-11-16)24-23(27)21-14-20-22(26(21)15(2)3)18-8-6-7-9-19(18)25(20)4/h6-15H,5H2,1-4H3,(H,24,27). The molecule has 2 heterocycles. The Morgan fingerprint density at radius 2 is 1.74 bits per heavy atom. The first-order valence-electron chi connectivity index (χ1n) is 9.50. The van der Waals surface area contributed by atoms with Crippen molar-refractivity contribution in [3.8, 4) is 0 Å². The number of aryl methyl sites for hydroxylation is 2. The highest BCUT2D eigenvalue weighted by Gasteiger charge is 2.22. The zero-order valence-electron chi connectivity index (χ0n) is 16.3. The number of para-hydroxylation sites is 1. The summed E-state index contributed by atoms with van der Waals surface area (Å²) >= 11 is 0. The number of hydrogen-bond acceptors (Lipinski definition) is 1. The molecule has 0 radical (unpaired) electrons. The van der Waals surface area contributed by atoms with E-state index in [2.05, 4.69) is 78.7 Å². The first-order chi connectivity index (χ1) is 13.0. The van der Waals surface area contributed by atoms with Gasteiger partial charge in [-0.15, -0.1) is 0 Å². The number of carbonyl (C=O) groups is 1. The summed E-state index contributed by atoms with van der Waals surface area (Å²) in [4.78, 5) is 13.1. The van der Waals surface area contributed by atoms with E-state index in [1.165, 1.54) is 16.5 Å². The highest BCUT2D eigenvalue weighted by Crippen LogP contribution is 2.33. The monoisotopic (exact) mass is 359 g/mol. The van der Waals surface area contributed by atoms with Gasteiger partial charge in [-0.1, -0.05) is 37.3 Å². The number of aromatic nitrogens is 2. The van der Waals surface area contributed by atoms with Crippen LogP contribution in [0.5, 0.6) is 0 Å². The molecule has 27 heavy (non-hydrogen) atoms. The maximum Gasteiger partial charge on any atom is 0.272 e. The molecule has 0 aliphatic heterocycles. The van der Waals surface area contributed by atoms with E-state index in [1.54, 1.807) is 0 Å². The average Bonchev–Trinajstić information content (AvgIpc) is 3.19. The number of carbonyl (C=O) groups excluding carboxylic acids is 1. The molecular weight excluding hydrogens is 334 g/mol. The Balaban J connectivity index is 1.82. The second kappa shape index (κ2) is 6.62. The lowest BCUT2D eigenvalue weighted by atomic mass is 10.1. The van der Waals surface area contributed by atoms with Gasteiger partial charge in [0.15, 0.2) is 0 Å². The lowest BCUT2D eigenvalue weighted by molar-refractivity contribution is 0.101. The minimum atomic E-state index is -0.0757. The zero-order valence-corrected chi connectivity index (χ0v) is 16.3. The molecule has 0 aliphatic rings. The van der Waals surface area contributed by atoms with Crippen LogP contribution in [0.2, 0.25) is 0 Å². The highest BCUT2D eigenvalue weighted by atomic mass is 16.2. The lowest BCUT2D eigenvalue weighted by Crippen LogP contribution is -2.18. The Morgan fingerprint density at radius 1 is 1.04 bits per heavy atom. The minimum absolute atomic E-state index is 0.0757. The maximum absolute atomic E-state index is 13.1. The smallest absolute Gasteiger partial charge is 0.272 e. The molecule has 4 aromatic rings. The van der Waals surface area contributed by atoms with E-state index in [-0.39, 0.29) is 11.9 Å². The van der Waals surface area contributed by atoms with Crippen LogP contribution in [-0.2, 0) is 13.5 Å². The number of amides is 1. The van der Waals surface area contributed by atoms with Crippen molar-refractivity contribution in [1.29, 1.82) is 0 Å². The normalized spacial score (nSPS) is 11.6. The van der Waals surface area contributed by atoms with E-state index in [4.69, 9.17) is 0 Å². The summed E-state index contributed by atoms with van der Waals surface area (Å²) in [6, 6.07) is 18.6. The highest BCUT2D eigenvalue weighted by molar-refractivity contribution is 6.12. The summed E-state index contributed by atoms with van der Waals surface area (Å²) < 4.78 is 4.31. The number of nitrogens with one attached hydrogen (secondary N) is 1. The predicted octanol–water partition coefficient (Wildman–Crippen LogP) is 5.53. The lowest BCUT2D eigenvalue weighted by Gasteiger charge is -2.14. The van der Waals surface area contributed by atoms with Crippen LogP contribution in [0.3, 0.4) is 0 Å². The quantitative estimate of drug-likeness (QED) is 0.511. The topological polar surface area (TPSA) is 39.0 Å². The van der Waals surface area contributed by atoms with Gasteiger partial charge in [-0.2, -0.15) is 0 Å². The molecule has 0 atom stereocenters. The van der Waals surface area contributed by atoms with Crippen LogP contribution >= 0.6 is 0 Å². The van der Waals surface area contributed by atoms with E-state index >= 15 is 0 Å². The van der Waals surface area contributed by atoms with Crippen molar-refractivity contribution in [2.75, 3.05) is 5.32 Å². The molecule has 0 saturated carbocycles. The van der Waals surface area contributed by atoms with Gasteiger partial charge in [-0.25, -0.2) is 0 Å². The maximum atomic E-state index is 13.1. The second-order valence-corrected chi connectivity index (χ2v) is 7.31. The average molecular weight is 359 g/mol. The van der Waals surface area contributed by atoms with E-state index in [0.29, 0.717) is 5.69 Å². The molecule has 0 aliphatic carbocycles. The van der Waals surface area contributed by atoms with E-state index in [1.807, 2.05) is 18.2 Å². The van der Waals surface area contributed by atoms with Crippen LogP contribution in [0.4, 0.5) is 5.69 Å². The van der Waals surface area contributed by atoms with Crippen molar-refractivity contribution in [3.05, 3.63) is 65.9 Å². The molecule has 0 spiro atoms. The molecule has 2 aromatic carbocycles. The van der Waals surface area contributed by atoms with Crippen molar-refractivity contribution >= 4 is 33.5 Å². The molecule has 0 fully saturated rings. The van der Waals surface area contributed by atoms with Crippen molar-refractivity contribution < 1.29 is 4.79 Å². The summed E-state index contributed by atoms with van der Waals surface area (Å²) in [6.45, 7) is 6.36. The fourth-order valence-corrected chi connectivity index (χ4v) is 3.86. The predicted molar refractivity (Wildman–Crippen MR) is 113 cm³/mol. The fourth-order valence-electron chi connectivity index (χ4n) is 3.86. The summed E-state index contributed by atoms with van der Waals surface area (Å²) in [7, 11) is 2.06. The Kier molecular flexibility index (Phi) is 4.27. The Hall–Kier alpha value is -3.01. The van der Waals surface area contributed by atoms with Crippen molar-refractivity contribution in [2.45, 2.75) is 33.2 Å². The van der Waals surface area contributed by atoms with Gasteiger partial charge in [0.05, 0.1) is 16.6 Å². The Morgan fingerprint density at radius 3 is 2.41 bits per heavy atom. The minimum Gasteiger partial charge on any atom is -0.342 e. The van der Waals surface area contributed by atoms with E-state index in [0.717, 1.165) is 23.1 Å². The van der Waals surface area contributed by atoms with Gasteiger partial charge < -0.3 is 14.5 Å². The Labute approximate surface area is 159 Å². The third-order valence-corrected chi connectivity index (χ3v) is 5.27. The van der Waals surface area contributed by atoms with Gasteiger partial charge in [0.2, 0.25) is 0 Å². The molecule has 4 nitrogen and oxygen atoms in total. The van der Waals surface area contributed by atoms with Gasteiger partial charge in [0, 0.05) is 24.2 Å². The molecule has 4 rings (SSSR count). The number of hydrogen-bond donors (Lipinski definition) is 1. The third kappa shape index (κ3) is 2.81. The number of nitrogens with zero attached hydrogens (tertiary/aromatic N) is 2. The molecule has 1 amide bonds. The van der Waals surface area contributed by atoms with Crippen molar-refractivity contribution in [3.63, 3.8) is 0 Å². The summed E-state index contributed by atoms with van der Waals surface area (Å²) in [5.41, 5.74) is 6.15. The fraction of sp³-hybridized carbons (Fsp3) is 0.261. The van der Waals surface area contributed by atoms with Crippen molar-refractivity contribution in [2.24, 2.45) is 7.05 Å². The van der Waals surface area contributed by atoms with Crippen LogP contribution in [0.1, 0.15) is 42.9 Å². The summed E-state index contributed by atoms with van der Waals surface area (Å²) in [5.74, 6) is -0.0757. The number of rotatable bonds is 4. The molecule has 4 heteroatoms. The van der Waals surface area contributed by atoms with Crippen LogP contribution in [0.15, 0.2) is 54.6 Å². The summed E-state index contributed by atoms with van der Waals surface area (Å²) in [5, 5.41) is 4.23. The third-order valence-electron chi connectivity index (χ3n) is 5.27. The number of fused-ring (bicyclic) bond motifs is 3. The van der Waals surface area contributed by atoms with Gasteiger partial charge in [-0.3, -0.25) is 4.79 Å². The van der Waals surface area contributed by atoms with Crippen LogP contribution in [-0.4, -0.2) is 15.0 Å². The molecule has 2 aromatic heterocycles. The first-order valence-corrected chi connectivity index (χ1v) is 9.50. The molecule has 0 unspecified atom stereocenters. The van der Waals surface area contributed by atoms with Crippen LogP contribution < -0.4 is 5.32 Å². The van der Waals surface area contributed by atoms with Crippen LogP contribution in [0, 0.1) is 0 Å². The van der Waals surface area contributed by atoms with Gasteiger partial charge in [0.1, 0.15) is 5.69 Å². The summed E-state index contributed by atoms with van der Waals surface area (Å²) in [6.07, 6.45) is 0.989. The Bertz CT molecular complexity index is 1130. The molecule has 0 saturated heterocycles. The van der Waals surface area contributed by atoms with Gasteiger partial charge in [0.25, 0.3) is 5.91 Å². The largest absolute Gasteiger partial charge is 0.342 e. The molecule has 0 bridgehead atoms. The second-order valence-electron chi connectivity index (χ2n) is 7.31. The van der Waals surface area contributed by atoms with E-state index < -0.39 is 0 Å². The molecular formula is C23H25N3O. The first kappa shape index (κ1) is 17.4. The van der Waals surface area contributed by atoms with Crippen molar-refractivity contribution in [1.82, 2.24) is 9.13 Å². The number of anilines is 1. The number of benzene rings is 2.